The predicted octanol–water partition coefficient (Wildman–Crippen LogP) is 2.61. The molecule has 0 amide bonds. The van der Waals surface area contributed by atoms with E-state index < -0.39 is 17.0 Å². The molecular weight excluding hydrogens is 229 g/mol. The number of carbonyl (C=O) groups is 1. The quantitative estimate of drug-likeness (QED) is 0.630. The number of nitrogen functional groups attached to an aromatic ring is 1. The van der Waals surface area contributed by atoms with Gasteiger partial charge in [0, 0.05) is 10.6 Å². The summed E-state index contributed by atoms with van der Waals surface area (Å²) in [7, 11) is 0. The van der Waals surface area contributed by atoms with E-state index in [1.807, 2.05) is 0 Å². The van der Waals surface area contributed by atoms with Crippen LogP contribution < -0.4 is 5.73 Å². The summed E-state index contributed by atoms with van der Waals surface area (Å²) in [4.78, 5) is 11.3. The van der Waals surface area contributed by atoms with E-state index >= 15 is 0 Å². The van der Waals surface area contributed by atoms with Gasteiger partial charge in [-0.25, -0.2) is 4.39 Å². The lowest BCUT2D eigenvalue weighted by Crippen LogP contribution is -2.22. The van der Waals surface area contributed by atoms with Crippen molar-refractivity contribution in [2.24, 2.45) is 5.92 Å². The third kappa shape index (κ3) is 3.13. The fourth-order valence-electron chi connectivity index (χ4n) is 1.22. The molecule has 0 radical (unpaired) electrons. The number of rotatable bonds is 4. The van der Waals surface area contributed by atoms with Crippen LogP contribution >= 0.6 is 11.8 Å². The number of carboxylic acid groups (broad SMARTS) is 1. The van der Waals surface area contributed by atoms with Gasteiger partial charge in [0.25, 0.3) is 0 Å². The molecule has 0 saturated carbocycles. The Morgan fingerprint density at radius 3 is 2.56 bits per heavy atom. The number of hydrogen-bond acceptors (Lipinski definition) is 3. The molecule has 1 rings (SSSR count). The van der Waals surface area contributed by atoms with Crippen molar-refractivity contribution in [3.63, 3.8) is 0 Å². The highest BCUT2D eigenvalue weighted by Crippen LogP contribution is 2.31. The van der Waals surface area contributed by atoms with Crippen molar-refractivity contribution in [3.8, 4) is 0 Å². The van der Waals surface area contributed by atoms with Gasteiger partial charge in [-0.05, 0) is 24.1 Å². The maximum Gasteiger partial charge on any atom is 0.317 e. The number of benzene rings is 1. The highest BCUT2D eigenvalue weighted by atomic mass is 32.2. The van der Waals surface area contributed by atoms with Gasteiger partial charge in [-0.1, -0.05) is 13.8 Å². The van der Waals surface area contributed by atoms with Crippen LogP contribution in [0.2, 0.25) is 0 Å². The molecule has 1 unspecified atom stereocenters. The number of aliphatic carboxylic acids is 1. The molecule has 0 aromatic heterocycles. The van der Waals surface area contributed by atoms with Gasteiger partial charge in [-0.15, -0.1) is 11.8 Å². The molecule has 1 aromatic carbocycles. The zero-order valence-electron chi connectivity index (χ0n) is 9.11. The molecule has 0 spiro atoms. The average Bonchev–Trinajstić information content (AvgIpc) is 2.15. The largest absolute Gasteiger partial charge is 0.480 e. The summed E-state index contributed by atoms with van der Waals surface area (Å²) in [5.74, 6) is -1.48. The molecule has 0 saturated heterocycles. The van der Waals surface area contributed by atoms with E-state index in [1.54, 1.807) is 19.9 Å². The van der Waals surface area contributed by atoms with Gasteiger partial charge >= 0.3 is 5.97 Å². The Hall–Kier alpha value is -1.23. The van der Waals surface area contributed by atoms with Crippen LogP contribution in [0.25, 0.3) is 0 Å². The van der Waals surface area contributed by atoms with Crippen LogP contribution in [0.3, 0.4) is 0 Å². The molecule has 0 aliphatic rings. The fraction of sp³-hybridized carbons (Fsp3) is 0.364. The first-order valence-electron chi connectivity index (χ1n) is 4.86. The Morgan fingerprint density at radius 2 is 2.12 bits per heavy atom. The summed E-state index contributed by atoms with van der Waals surface area (Å²) in [5.41, 5.74) is 5.74. The van der Waals surface area contributed by atoms with Gasteiger partial charge in [0.05, 0.1) is 0 Å². The van der Waals surface area contributed by atoms with Crippen molar-refractivity contribution >= 4 is 23.4 Å². The highest BCUT2D eigenvalue weighted by Gasteiger charge is 2.23. The molecule has 0 fully saturated rings. The molecule has 0 aliphatic heterocycles. The van der Waals surface area contributed by atoms with E-state index in [2.05, 4.69) is 0 Å². The first-order valence-corrected chi connectivity index (χ1v) is 5.74. The van der Waals surface area contributed by atoms with Gasteiger partial charge in [-0.3, -0.25) is 4.79 Å². The van der Waals surface area contributed by atoms with Crippen molar-refractivity contribution in [2.75, 3.05) is 5.73 Å². The van der Waals surface area contributed by atoms with Crippen molar-refractivity contribution in [2.45, 2.75) is 24.0 Å². The lowest BCUT2D eigenvalue weighted by atomic mass is 10.1. The van der Waals surface area contributed by atoms with Crippen molar-refractivity contribution < 1.29 is 14.3 Å². The molecule has 3 N–H and O–H groups in total. The van der Waals surface area contributed by atoms with Gasteiger partial charge < -0.3 is 10.8 Å². The third-order valence-corrected chi connectivity index (χ3v) is 3.64. The van der Waals surface area contributed by atoms with Crippen molar-refractivity contribution in [1.82, 2.24) is 0 Å². The third-order valence-electron chi connectivity index (χ3n) is 2.06. The van der Waals surface area contributed by atoms with Crippen LogP contribution in [-0.4, -0.2) is 16.3 Å². The number of anilines is 1. The zero-order valence-corrected chi connectivity index (χ0v) is 9.92. The number of carboxylic acids is 1. The van der Waals surface area contributed by atoms with E-state index in [4.69, 9.17) is 10.8 Å². The topological polar surface area (TPSA) is 63.3 Å². The Morgan fingerprint density at radius 1 is 1.50 bits per heavy atom. The molecule has 1 aromatic rings. The summed E-state index contributed by atoms with van der Waals surface area (Å²) >= 11 is 1.01. The van der Waals surface area contributed by atoms with Crippen molar-refractivity contribution in [1.29, 1.82) is 0 Å². The number of halogens is 1. The maximum atomic E-state index is 13.4. The lowest BCUT2D eigenvalue weighted by Gasteiger charge is -2.15. The Balaban J connectivity index is 2.90. The minimum atomic E-state index is -0.934. The van der Waals surface area contributed by atoms with Crippen LogP contribution in [0.5, 0.6) is 0 Å². The van der Waals surface area contributed by atoms with Gasteiger partial charge in [0.1, 0.15) is 11.1 Å². The zero-order chi connectivity index (χ0) is 12.3. The molecule has 88 valence electrons. The van der Waals surface area contributed by atoms with Crippen LogP contribution in [-0.2, 0) is 4.79 Å². The minimum Gasteiger partial charge on any atom is -0.480 e. The SMILES string of the molecule is CC(C)C(Sc1ccc(N)cc1F)C(=O)O. The summed E-state index contributed by atoms with van der Waals surface area (Å²) in [6, 6.07) is 4.26. The normalized spacial score (nSPS) is 12.8. The molecule has 3 nitrogen and oxygen atoms in total. The molecule has 0 aliphatic carbocycles. The molecule has 0 bridgehead atoms. The van der Waals surface area contributed by atoms with E-state index in [0.717, 1.165) is 11.8 Å². The van der Waals surface area contributed by atoms with Gasteiger partial charge in [-0.2, -0.15) is 0 Å². The molecule has 5 heteroatoms. The standard InChI is InChI=1S/C11H14FNO2S/c1-6(2)10(11(14)15)16-9-4-3-7(13)5-8(9)12/h3-6,10H,13H2,1-2H3,(H,14,15). The second kappa shape index (κ2) is 5.21. The summed E-state index contributed by atoms with van der Waals surface area (Å²) in [6.07, 6.45) is 0. The molecule has 1 atom stereocenters. The first-order chi connectivity index (χ1) is 7.41. The van der Waals surface area contributed by atoms with Crippen LogP contribution in [0, 0.1) is 11.7 Å². The molecule has 16 heavy (non-hydrogen) atoms. The van der Waals surface area contributed by atoms with Gasteiger partial charge in [0.15, 0.2) is 0 Å². The Bertz CT molecular complexity index is 396. The Kier molecular flexibility index (Phi) is 4.18. The number of nitrogens with two attached hydrogens (primary N) is 1. The first kappa shape index (κ1) is 12.8. The molecule has 0 heterocycles. The van der Waals surface area contributed by atoms with E-state index in [1.165, 1.54) is 12.1 Å². The second-order valence-electron chi connectivity index (χ2n) is 3.81. The predicted molar refractivity (Wildman–Crippen MR) is 62.9 cm³/mol. The summed E-state index contributed by atoms with van der Waals surface area (Å²) < 4.78 is 13.4. The second-order valence-corrected chi connectivity index (χ2v) is 4.99. The Labute approximate surface area is 97.8 Å². The van der Waals surface area contributed by atoms with Crippen molar-refractivity contribution in [3.05, 3.63) is 24.0 Å². The smallest absolute Gasteiger partial charge is 0.317 e. The van der Waals surface area contributed by atoms with Gasteiger partial charge in [0.2, 0.25) is 0 Å². The number of hydrogen-bond donors (Lipinski definition) is 2. The highest BCUT2D eigenvalue weighted by molar-refractivity contribution is 8.00. The fourth-order valence-corrected chi connectivity index (χ4v) is 2.19. The number of thioether (sulfide) groups is 1. The lowest BCUT2D eigenvalue weighted by molar-refractivity contribution is -0.137. The van der Waals surface area contributed by atoms with E-state index in [-0.39, 0.29) is 5.92 Å². The summed E-state index contributed by atoms with van der Waals surface area (Å²) in [5, 5.41) is 8.33. The van der Waals surface area contributed by atoms with Crippen LogP contribution in [0.4, 0.5) is 10.1 Å². The average molecular weight is 243 g/mol. The summed E-state index contributed by atoms with van der Waals surface area (Å²) in [6.45, 7) is 3.59. The maximum absolute atomic E-state index is 13.4. The van der Waals surface area contributed by atoms with E-state index in [0.29, 0.717) is 10.6 Å². The van der Waals surface area contributed by atoms with Crippen LogP contribution in [0.15, 0.2) is 23.1 Å². The van der Waals surface area contributed by atoms with Crippen LogP contribution in [0.1, 0.15) is 13.8 Å². The minimum absolute atomic E-state index is 0.0700. The van der Waals surface area contributed by atoms with E-state index in [9.17, 15) is 9.18 Å². The monoisotopic (exact) mass is 243 g/mol. The molecular formula is C11H14FNO2S.